The molecule has 100 valence electrons. The number of aliphatic hydroxyl groups is 1. The zero-order chi connectivity index (χ0) is 12.9. The van der Waals surface area contributed by atoms with Crippen molar-refractivity contribution in [1.29, 1.82) is 0 Å². The average molecular weight is 244 g/mol. The summed E-state index contributed by atoms with van der Waals surface area (Å²) >= 11 is 0. The van der Waals surface area contributed by atoms with Crippen molar-refractivity contribution in [1.82, 2.24) is 0 Å². The molecule has 4 nitrogen and oxygen atoms in total. The van der Waals surface area contributed by atoms with E-state index >= 15 is 0 Å². The van der Waals surface area contributed by atoms with Gasteiger partial charge in [0, 0.05) is 11.3 Å². The third-order valence-corrected chi connectivity index (χ3v) is 3.01. The normalized spacial score (nSPS) is 27.8. The average Bonchev–Trinajstić information content (AvgIpc) is 2.36. The summed E-state index contributed by atoms with van der Waals surface area (Å²) in [7, 11) is 0. The maximum absolute atomic E-state index is 9.28. The van der Waals surface area contributed by atoms with Gasteiger partial charge in [-0.2, -0.15) is 0 Å². The molecule has 0 spiro atoms. The second kappa shape index (κ2) is 6.50. The van der Waals surface area contributed by atoms with Gasteiger partial charge in [-0.05, 0) is 12.5 Å². The minimum atomic E-state index is -0.929. The zero-order valence-electron chi connectivity index (χ0n) is 11.0. The highest BCUT2D eigenvalue weighted by Gasteiger charge is 2.35. The first-order valence-electron chi connectivity index (χ1n) is 6.15. The van der Waals surface area contributed by atoms with Gasteiger partial charge in [-0.25, -0.2) is 0 Å². The highest BCUT2D eigenvalue weighted by molar-refractivity contribution is 4.78. The molecule has 1 rings (SSSR count). The first-order valence-corrected chi connectivity index (χ1v) is 6.15. The second-order valence-corrected chi connectivity index (χ2v) is 5.20. The summed E-state index contributed by atoms with van der Waals surface area (Å²) in [6.07, 6.45) is 1.22. The van der Waals surface area contributed by atoms with Crippen LogP contribution >= 0.6 is 0 Å². The first kappa shape index (κ1) is 14.6. The Bertz CT molecular complexity index is 232. The standard InChI is InChI=1S/C13H24O4/c1-5-10-7-15-12(16-8-10)13(3,4)9-17-11(14)6-2/h6,10-12,14H,2,5,7-9H2,1,3-4H3. The van der Waals surface area contributed by atoms with Crippen LogP contribution in [-0.2, 0) is 14.2 Å². The first-order chi connectivity index (χ1) is 7.99. The van der Waals surface area contributed by atoms with Gasteiger partial charge in [0.2, 0.25) is 0 Å². The zero-order valence-corrected chi connectivity index (χ0v) is 11.0. The van der Waals surface area contributed by atoms with Crippen LogP contribution in [0.2, 0.25) is 0 Å². The van der Waals surface area contributed by atoms with Gasteiger partial charge in [0.1, 0.15) is 0 Å². The van der Waals surface area contributed by atoms with Crippen LogP contribution in [0.4, 0.5) is 0 Å². The van der Waals surface area contributed by atoms with E-state index < -0.39 is 6.29 Å². The molecule has 1 N–H and O–H groups in total. The Morgan fingerprint density at radius 2 is 2.06 bits per heavy atom. The summed E-state index contributed by atoms with van der Waals surface area (Å²) in [4.78, 5) is 0. The Kier molecular flexibility index (Phi) is 5.59. The van der Waals surface area contributed by atoms with Gasteiger partial charge in [0.25, 0.3) is 0 Å². The minimum absolute atomic E-state index is 0.276. The lowest BCUT2D eigenvalue weighted by Gasteiger charge is -2.38. The third kappa shape index (κ3) is 4.39. The molecule has 0 aromatic rings. The summed E-state index contributed by atoms with van der Waals surface area (Å²) in [6.45, 7) is 11.4. The fourth-order valence-electron chi connectivity index (χ4n) is 1.67. The van der Waals surface area contributed by atoms with Crippen LogP contribution < -0.4 is 0 Å². The van der Waals surface area contributed by atoms with Gasteiger partial charge in [0.15, 0.2) is 12.6 Å². The molecule has 1 heterocycles. The van der Waals surface area contributed by atoms with E-state index in [0.717, 1.165) is 19.6 Å². The van der Waals surface area contributed by atoms with Crippen LogP contribution in [0.5, 0.6) is 0 Å². The van der Waals surface area contributed by atoms with Crippen molar-refractivity contribution in [2.45, 2.75) is 39.8 Å². The van der Waals surface area contributed by atoms with Gasteiger partial charge in [-0.3, -0.25) is 0 Å². The predicted octanol–water partition coefficient (Wildman–Crippen LogP) is 1.93. The SMILES string of the molecule is C=CC(O)OCC(C)(C)C1OCC(CC)CO1. The lowest BCUT2D eigenvalue weighted by Crippen LogP contribution is -2.44. The van der Waals surface area contributed by atoms with Crippen molar-refractivity contribution < 1.29 is 19.3 Å². The largest absolute Gasteiger partial charge is 0.365 e. The number of rotatable bonds is 6. The van der Waals surface area contributed by atoms with E-state index in [2.05, 4.69) is 13.5 Å². The number of hydrogen-bond donors (Lipinski definition) is 1. The lowest BCUT2D eigenvalue weighted by atomic mass is 9.93. The van der Waals surface area contributed by atoms with Crippen LogP contribution in [0, 0.1) is 11.3 Å². The molecule has 0 amide bonds. The van der Waals surface area contributed by atoms with Gasteiger partial charge in [-0.15, -0.1) is 0 Å². The molecule has 1 aliphatic rings. The molecule has 0 bridgehead atoms. The number of ether oxygens (including phenoxy) is 3. The van der Waals surface area contributed by atoms with Gasteiger partial charge in [-0.1, -0.05) is 27.4 Å². The fourth-order valence-corrected chi connectivity index (χ4v) is 1.67. The topological polar surface area (TPSA) is 47.9 Å². The third-order valence-electron chi connectivity index (χ3n) is 3.01. The Morgan fingerprint density at radius 3 is 2.53 bits per heavy atom. The van der Waals surface area contributed by atoms with Crippen LogP contribution in [0.25, 0.3) is 0 Å². The molecule has 1 saturated heterocycles. The van der Waals surface area contributed by atoms with Crippen LogP contribution in [0.15, 0.2) is 12.7 Å². The molecule has 0 saturated carbocycles. The van der Waals surface area contributed by atoms with Crippen LogP contribution in [-0.4, -0.2) is 37.5 Å². The number of hydrogen-bond acceptors (Lipinski definition) is 4. The summed E-state index contributed by atoms with van der Waals surface area (Å²) in [5, 5.41) is 9.28. The molecule has 0 aromatic carbocycles. The molecule has 0 aliphatic carbocycles. The predicted molar refractivity (Wildman–Crippen MR) is 65.4 cm³/mol. The number of aliphatic hydroxyl groups excluding tert-OH is 1. The molecule has 4 heteroatoms. The minimum Gasteiger partial charge on any atom is -0.365 e. The summed E-state index contributed by atoms with van der Waals surface area (Å²) in [6, 6.07) is 0. The monoisotopic (exact) mass is 244 g/mol. The molecule has 17 heavy (non-hydrogen) atoms. The second-order valence-electron chi connectivity index (χ2n) is 5.20. The summed E-state index contributed by atoms with van der Waals surface area (Å²) in [5.74, 6) is 0.488. The molecule has 1 aliphatic heterocycles. The molecule has 1 fully saturated rings. The van der Waals surface area contributed by atoms with Crippen molar-refractivity contribution in [3.8, 4) is 0 Å². The van der Waals surface area contributed by atoms with Gasteiger partial charge < -0.3 is 19.3 Å². The quantitative estimate of drug-likeness (QED) is 0.573. The maximum atomic E-state index is 9.28. The fraction of sp³-hybridized carbons (Fsp3) is 0.846. The van der Waals surface area contributed by atoms with E-state index in [1.165, 1.54) is 6.08 Å². The molecule has 1 atom stereocenters. The van der Waals surface area contributed by atoms with Crippen LogP contribution in [0.3, 0.4) is 0 Å². The molecule has 0 aromatic heterocycles. The van der Waals surface area contributed by atoms with Crippen molar-refractivity contribution >= 4 is 0 Å². The highest BCUT2D eigenvalue weighted by Crippen LogP contribution is 2.29. The lowest BCUT2D eigenvalue weighted by molar-refractivity contribution is -0.260. The van der Waals surface area contributed by atoms with Gasteiger partial charge in [0.05, 0.1) is 19.8 Å². The molecular formula is C13H24O4. The van der Waals surface area contributed by atoms with Crippen molar-refractivity contribution in [2.24, 2.45) is 11.3 Å². The summed E-state index contributed by atoms with van der Waals surface area (Å²) in [5.41, 5.74) is -0.289. The molecular weight excluding hydrogens is 220 g/mol. The Labute approximate surface area is 104 Å². The van der Waals surface area contributed by atoms with Crippen molar-refractivity contribution in [3.63, 3.8) is 0 Å². The van der Waals surface area contributed by atoms with Crippen molar-refractivity contribution in [2.75, 3.05) is 19.8 Å². The Balaban J connectivity index is 2.39. The summed E-state index contributed by atoms with van der Waals surface area (Å²) < 4.78 is 16.6. The van der Waals surface area contributed by atoms with E-state index in [4.69, 9.17) is 14.2 Å². The molecule has 1 unspecified atom stereocenters. The van der Waals surface area contributed by atoms with E-state index in [0.29, 0.717) is 12.5 Å². The highest BCUT2D eigenvalue weighted by atomic mass is 16.7. The Hall–Kier alpha value is -0.420. The maximum Gasteiger partial charge on any atom is 0.173 e. The van der Waals surface area contributed by atoms with Crippen molar-refractivity contribution in [3.05, 3.63) is 12.7 Å². The van der Waals surface area contributed by atoms with E-state index in [1.54, 1.807) is 0 Å². The van der Waals surface area contributed by atoms with Gasteiger partial charge >= 0.3 is 0 Å². The smallest absolute Gasteiger partial charge is 0.173 e. The Morgan fingerprint density at radius 1 is 1.47 bits per heavy atom. The van der Waals surface area contributed by atoms with E-state index in [9.17, 15) is 5.11 Å². The van der Waals surface area contributed by atoms with E-state index in [-0.39, 0.29) is 11.7 Å². The van der Waals surface area contributed by atoms with Crippen LogP contribution in [0.1, 0.15) is 27.2 Å². The molecule has 0 radical (unpaired) electrons. The van der Waals surface area contributed by atoms with E-state index in [1.807, 2.05) is 13.8 Å².